The van der Waals surface area contributed by atoms with Crippen LogP contribution in [0.5, 0.6) is 0 Å². The van der Waals surface area contributed by atoms with E-state index >= 15 is 0 Å². The zero-order chi connectivity index (χ0) is 12.4. The van der Waals surface area contributed by atoms with Gasteiger partial charge in [0.05, 0.1) is 11.9 Å². The first-order valence-electron chi connectivity index (χ1n) is 6.26. The van der Waals surface area contributed by atoms with Gasteiger partial charge in [-0.2, -0.15) is 0 Å². The monoisotopic (exact) mass is 280 g/mol. The minimum atomic E-state index is 0. The molecule has 1 saturated heterocycles. The molecular formula is C13H17ClN4O. The van der Waals surface area contributed by atoms with Crippen LogP contribution in [0.15, 0.2) is 18.5 Å². The van der Waals surface area contributed by atoms with Crippen molar-refractivity contribution in [2.24, 2.45) is 0 Å². The van der Waals surface area contributed by atoms with Crippen LogP contribution in [-0.2, 0) is 0 Å². The van der Waals surface area contributed by atoms with Crippen LogP contribution in [-0.4, -0.2) is 35.4 Å². The summed E-state index contributed by atoms with van der Waals surface area (Å²) < 4.78 is 0. The van der Waals surface area contributed by atoms with Gasteiger partial charge >= 0.3 is 0 Å². The first-order valence-corrected chi connectivity index (χ1v) is 6.26. The van der Waals surface area contributed by atoms with Crippen molar-refractivity contribution in [3.05, 3.63) is 24.0 Å². The molecule has 0 atom stereocenters. The van der Waals surface area contributed by atoms with Gasteiger partial charge in [-0.05, 0) is 32.0 Å². The third-order valence-electron chi connectivity index (χ3n) is 3.40. The van der Waals surface area contributed by atoms with Crippen LogP contribution in [0.1, 0.15) is 23.2 Å². The molecule has 6 heteroatoms. The van der Waals surface area contributed by atoms with Crippen LogP contribution in [0.2, 0.25) is 0 Å². The predicted octanol–water partition coefficient (Wildman–Crippen LogP) is 1.96. The lowest BCUT2D eigenvalue weighted by Crippen LogP contribution is -2.35. The van der Waals surface area contributed by atoms with E-state index in [0.29, 0.717) is 11.6 Å². The third kappa shape index (κ3) is 2.88. The summed E-state index contributed by atoms with van der Waals surface area (Å²) in [6.45, 7) is 2.11. The third-order valence-corrected chi connectivity index (χ3v) is 3.40. The van der Waals surface area contributed by atoms with Crippen molar-refractivity contribution in [2.45, 2.75) is 18.9 Å². The second-order valence-electron chi connectivity index (χ2n) is 4.65. The first-order chi connectivity index (χ1) is 8.86. The number of aldehydes is 1. The Balaban J connectivity index is 0.00000133. The molecule has 0 aromatic carbocycles. The fraction of sp³-hybridized carbons (Fsp3) is 0.385. The van der Waals surface area contributed by atoms with Gasteiger partial charge in [0.25, 0.3) is 0 Å². The van der Waals surface area contributed by atoms with Gasteiger partial charge in [-0.15, -0.1) is 12.4 Å². The smallest absolute Gasteiger partial charge is 0.152 e. The Bertz CT molecular complexity index is 563. The number of hydrogen-bond donors (Lipinski definition) is 3. The van der Waals surface area contributed by atoms with Gasteiger partial charge in [0.2, 0.25) is 0 Å². The number of anilines is 1. The molecule has 19 heavy (non-hydrogen) atoms. The molecule has 5 nitrogen and oxygen atoms in total. The highest BCUT2D eigenvalue weighted by molar-refractivity contribution is 5.96. The second kappa shape index (κ2) is 6.04. The molecule has 3 rings (SSSR count). The Morgan fingerprint density at radius 3 is 2.89 bits per heavy atom. The summed E-state index contributed by atoms with van der Waals surface area (Å²) in [5.74, 6) is 0. The zero-order valence-electron chi connectivity index (χ0n) is 10.5. The quantitative estimate of drug-likeness (QED) is 0.752. The van der Waals surface area contributed by atoms with E-state index in [0.717, 1.165) is 48.9 Å². The molecule has 0 radical (unpaired) electrons. The van der Waals surface area contributed by atoms with Gasteiger partial charge in [-0.3, -0.25) is 4.79 Å². The lowest BCUT2D eigenvalue weighted by atomic mass is 10.1. The number of fused-ring (bicyclic) bond motifs is 1. The molecule has 102 valence electrons. The van der Waals surface area contributed by atoms with Crippen molar-refractivity contribution < 1.29 is 4.79 Å². The number of aromatic amines is 1. The Hall–Kier alpha value is -1.59. The molecule has 2 aromatic rings. The van der Waals surface area contributed by atoms with Crippen LogP contribution in [0.25, 0.3) is 11.0 Å². The fourth-order valence-corrected chi connectivity index (χ4v) is 2.40. The molecule has 0 aliphatic carbocycles. The maximum Gasteiger partial charge on any atom is 0.152 e. The number of nitrogens with one attached hydrogen (secondary N) is 3. The minimum Gasteiger partial charge on any atom is -0.381 e. The molecule has 0 spiro atoms. The van der Waals surface area contributed by atoms with E-state index < -0.39 is 0 Å². The zero-order valence-corrected chi connectivity index (χ0v) is 11.3. The molecule has 3 N–H and O–H groups in total. The Morgan fingerprint density at radius 2 is 2.16 bits per heavy atom. The molecule has 0 amide bonds. The number of pyridine rings is 1. The lowest BCUT2D eigenvalue weighted by Gasteiger charge is -2.24. The summed E-state index contributed by atoms with van der Waals surface area (Å²) in [6.07, 6.45) is 6.60. The summed E-state index contributed by atoms with van der Waals surface area (Å²) in [5.41, 5.74) is 2.40. The summed E-state index contributed by atoms with van der Waals surface area (Å²) in [5, 5.41) is 7.70. The Labute approximate surface area is 117 Å². The van der Waals surface area contributed by atoms with Crippen LogP contribution in [0.4, 0.5) is 5.69 Å². The number of nitrogens with zero attached hydrogens (tertiary/aromatic N) is 1. The van der Waals surface area contributed by atoms with E-state index in [1.165, 1.54) is 0 Å². The molecule has 3 heterocycles. The summed E-state index contributed by atoms with van der Waals surface area (Å²) >= 11 is 0. The number of carbonyl (C=O) groups is 1. The molecular weight excluding hydrogens is 264 g/mol. The molecule has 0 bridgehead atoms. The minimum absolute atomic E-state index is 0. The van der Waals surface area contributed by atoms with Crippen molar-refractivity contribution in [2.75, 3.05) is 18.4 Å². The van der Waals surface area contributed by atoms with Crippen LogP contribution < -0.4 is 10.6 Å². The average molecular weight is 281 g/mol. The molecule has 1 fully saturated rings. The van der Waals surface area contributed by atoms with Crippen LogP contribution in [0, 0.1) is 0 Å². The highest BCUT2D eigenvalue weighted by Crippen LogP contribution is 2.20. The number of rotatable bonds is 3. The standard InChI is InChI=1S/C13H16N4O.ClH/c18-8-9-6-15-13-12(9)5-11(7-16-13)17-10-1-3-14-4-2-10;/h5-8,10,14,17H,1-4H2,(H,15,16);1H. The largest absolute Gasteiger partial charge is 0.381 e. The van der Waals surface area contributed by atoms with Crippen molar-refractivity contribution in [3.63, 3.8) is 0 Å². The maximum atomic E-state index is 10.9. The second-order valence-corrected chi connectivity index (χ2v) is 4.65. The molecule has 0 saturated carbocycles. The van der Waals surface area contributed by atoms with Gasteiger partial charge in [-0.1, -0.05) is 0 Å². The summed E-state index contributed by atoms with van der Waals surface area (Å²) in [7, 11) is 0. The van der Waals surface area contributed by atoms with Crippen molar-refractivity contribution >= 4 is 35.4 Å². The average Bonchev–Trinajstić information content (AvgIpc) is 2.82. The normalized spacial score (nSPS) is 16.0. The Morgan fingerprint density at radius 1 is 1.37 bits per heavy atom. The van der Waals surface area contributed by atoms with Crippen molar-refractivity contribution in [1.29, 1.82) is 0 Å². The van der Waals surface area contributed by atoms with E-state index in [1.54, 1.807) is 6.20 Å². The molecule has 1 aliphatic rings. The highest BCUT2D eigenvalue weighted by Gasteiger charge is 2.13. The number of H-pyrrole nitrogens is 1. The molecule has 0 unspecified atom stereocenters. The lowest BCUT2D eigenvalue weighted by molar-refractivity contribution is 0.112. The van der Waals surface area contributed by atoms with Crippen molar-refractivity contribution in [1.82, 2.24) is 15.3 Å². The van der Waals surface area contributed by atoms with E-state index in [2.05, 4.69) is 20.6 Å². The maximum absolute atomic E-state index is 10.9. The van der Waals surface area contributed by atoms with Crippen molar-refractivity contribution in [3.8, 4) is 0 Å². The van der Waals surface area contributed by atoms with E-state index in [4.69, 9.17) is 0 Å². The molecule has 1 aliphatic heterocycles. The topological polar surface area (TPSA) is 69.8 Å². The van der Waals surface area contributed by atoms with Gasteiger partial charge in [0.15, 0.2) is 6.29 Å². The number of carbonyl (C=O) groups excluding carboxylic acids is 1. The van der Waals surface area contributed by atoms with E-state index in [1.807, 2.05) is 12.3 Å². The first kappa shape index (κ1) is 13.8. The number of aromatic nitrogens is 2. The number of halogens is 1. The van der Waals surface area contributed by atoms with E-state index in [9.17, 15) is 4.79 Å². The summed E-state index contributed by atoms with van der Waals surface area (Å²) in [6, 6.07) is 2.48. The number of hydrogen-bond acceptors (Lipinski definition) is 4. The fourth-order valence-electron chi connectivity index (χ4n) is 2.40. The number of piperidine rings is 1. The Kier molecular flexibility index (Phi) is 4.39. The van der Waals surface area contributed by atoms with E-state index in [-0.39, 0.29) is 12.4 Å². The van der Waals surface area contributed by atoms with Gasteiger partial charge < -0.3 is 15.6 Å². The van der Waals surface area contributed by atoms with Gasteiger partial charge in [0, 0.05) is 23.2 Å². The SMILES string of the molecule is Cl.O=Cc1c[nH]c2ncc(NC3CCNCC3)cc12. The van der Waals surface area contributed by atoms with Gasteiger partial charge in [0.1, 0.15) is 5.65 Å². The van der Waals surface area contributed by atoms with Crippen LogP contribution in [0.3, 0.4) is 0 Å². The summed E-state index contributed by atoms with van der Waals surface area (Å²) in [4.78, 5) is 18.2. The predicted molar refractivity (Wildman–Crippen MR) is 78.2 cm³/mol. The van der Waals surface area contributed by atoms with Crippen LogP contribution >= 0.6 is 12.4 Å². The van der Waals surface area contributed by atoms with Gasteiger partial charge in [-0.25, -0.2) is 4.98 Å². The highest BCUT2D eigenvalue weighted by atomic mass is 35.5. The molecule has 2 aromatic heterocycles.